The van der Waals surface area contributed by atoms with E-state index in [1.165, 1.54) is 0 Å². The maximum atomic E-state index is 12.1. The van der Waals surface area contributed by atoms with Gasteiger partial charge >= 0.3 is 0 Å². The molecule has 2 atom stereocenters. The van der Waals surface area contributed by atoms with Gasteiger partial charge in [-0.05, 0) is 32.4 Å². The van der Waals surface area contributed by atoms with E-state index in [4.69, 9.17) is 0 Å². The summed E-state index contributed by atoms with van der Waals surface area (Å²) in [6.07, 6.45) is 5.97. The summed E-state index contributed by atoms with van der Waals surface area (Å²) in [5.74, 6) is 1.12. The second-order valence-corrected chi connectivity index (χ2v) is 7.62. The Kier molecular flexibility index (Phi) is 6.92. The molecule has 2 heterocycles. The van der Waals surface area contributed by atoms with Crippen LogP contribution in [0.2, 0.25) is 0 Å². The largest absolute Gasteiger partial charge is 0.363 e. The summed E-state index contributed by atoms with van der Waals surface area (Å²) in [6, 6.07) is 0.210. The number of thioether (sulfide) groups is 1. The molecular formula is C18H29N3O2S. The number of pyridine rings is 1. The molecule has 0 radical (unpaired) electrons. The van der Waals surface area contributed by atoms with Crippen molar-refractivity contribution in [2.24, 2.45) is 5.92 Å². The molecule has 1 fully saturated rings. The van der Waals surface area contributed by atoms with Crippen LogP contribution in [0.4, 0.5) is 0 Å². The van der Waals surface area contributed by atoms with E-state index in [0.717, 1.165) is 49.3 Å². The maximum Gasteiger partial charge on any atom is 0.230 e. The van der Waals surface area contributed by atoms with Gasteiger partial charge in [0.2, 0.25) is 5.91 Å². The topological polar surface area (TPSA) is 65.2 Å². The van der Waals surface area contributed by atoms with Crippen LogP contribution in [0, 0.1) is 19.8 Å². The lowest BCUT2D eigenvalue weighted by Gasteiger charge is -2.19. The highest BCUT2D eigenvalue weighted by Crippen LogP contribution is 2.23. The molecule has 5 nitrogen and oxygen atoms in total. The van der Waals surface area contributed by atoms with Gasteiger partial charge in [0.15, 0.2) is 5.43 Å². The van der Waals surface area contributed by atoms with Crippen molar-refractivity contribution in [1.82, 2.24) is 15.2 Å². The highest BCUT2D eigenvalue weighted by atomic mass is 32.2. The molecule has 24 heavy (non-hydrogen) atoms. The molecule has 0 saturated carbocycles. The Balaban J connectivity index is 2.05. The fourth-order valence-electron chi connectivity index (χ4n) is 3.49. The number of nitrogens with zero attached hydrogens (tertiary/aromatic N) is 1. The minimum atomic E-state index is 0.121. The number of hydrogen-bond donors (Lipinski definition) is 2. The Morgan fingerprint density at radius 2 is 2.17 bits per heavy atom. The minimum absolute atomic E-state index is 0.121. The van der Waals surface area contributed by atoms with Crippen molar-refractivity contribution in [2.75, 3.05) is 25.1 Å². The van der Waals surface area contributed by atoms with Gasteiger partial charge in [-0.2, -0.15) is 11.8 Å². The molecule has 0 unspecified atom stereocenters. The number of H-pyrrole nitrogens is 1. The first kappa shape index (κ1) is 19.1. The normalized spacial score (nSPS) is 21.2. The number of nitrogens with one attached hydrogen (secondary N) is 2. The quantitative estimate of drug-likeness (QED) is 0.789. The third-order valence-electron chi connectivity index (χ3n) is 4.79. The van der Waals surface area contributed by atoms with Crippen molar-refractivity contribution < 1.29 is 4.79 Å². The number of carbonyl (C=O) groups is 1. The highest BCUT2D eigenvalue weighted by Gasteiger charge is 2.33. The van der Waals surface area contributed by atoms with Crippen molar-refractivity contribution in [3.63, 3.8) is 0 Å². The van der Waals surface area contributed by atoms with Gasteiger partial charge < -0.3 is 10.3 Å². The van der Waals surface area contributed by atoms with Crippen LogP contribution in [-0.4, -0.2) is 46.9 Å². The number of aromatic nitrogens is 1. The van der Waals surface area contributed by atoms with Crippen molar-refractivity contribution in [3.05, 3.63) is 33.2 Å². The summed E-state index contributed by atoms with van der Waals surface area (Å²) in [7, 11) is 0. The predicted molar refractivity (Wildman–Crippen MR) is 101 cm³/mol. The average molecular weight is 352 g/mol. The van der Waals surface area contributed by atoms with Crippen molar-refractivity contribution in [1.29, 1.82) is 0 Å². The third kappa shape index (κ3) is 4.63. The molecule has 0 aromatic carbocycles. The molecule has 1 aromatic rings. The Morgan fingerprint density at radius 3 is 2.83 bits per heavy atom. The van der Waals surface area contributed by atoms with Gasteiger partial charge in [0.05, 0.1) is 5.75 Å². The second-order valence-electron chi connectivity index (χ2n) is 6.75. The summed E-state index contributed by atoms with van der Waals surface area (Å²) in [5.41, 5.74) is 2.66. The van der Waals surface area contributed by atoms with Gasteiger partial charge in [-0.25, -0.2) is 0 Å². The van der Waals surface area contributed by atoms with Gasteiger partial charge in [0.1, 0.15) is 0 Å². The van der Waals surface area contributed by atoms with Gasteiger partial charge in [0, 0.05) is 48.7 Å². The van der Waals surface area contributed by atoms with E-state index in [-0.39, 0.29) is 17.4 Å². The standard InChI is InChI=1S/C18H29N3O2S/c1-5-6-14-8-21(10-16(14)20-17(22)11-24-4)9-15-13(3)18(23)12(2)7-19-15/h7,14,16H,5-6,8-11H2,1-4H3,(H,19,23)(H,20,22)/t14-,16-/m1/s1. The molecular weight excluding hydrogens is 322 g/mol. The molecule has 0 spiro atoms. The van der Waals surface area contributed by atoms with E-state index >= 15 is 0 Å². The van der Waals surface area contributed by atoms with Gasteiger partial charge in [-0.3, -0.25) is 14.5 Å². The lowest BCUT2D eigenvalue weighted by atomic mass is 9.98. The summed E-state index contributed by atoms with van der Waals surface area (Å²) >= 11 is 1.55. The first-order valence-corrected chi connectivity index (χ1v) is 10.0. The van der Waals surface area contributed by atoms with Crippen LogP contribution in [0.15, 0.2) is 11.0 Å². The summed E-state index contributed by atoms with van der Waals surface area (Å²) < 4.78 is 0. The van der Waals surface area contributed by atoms with E-state index in [2.05, 4.69) is 22.1 Å². The predicted octanol–water partition coefficient (Wildman–Crippen LogP) is 2.07. The van der Waals surface area contributed by atoms with Crippen LogP contribution in [0.1, 0.15) is 36.6 Å². The molecule has 1 aromatic heterocycles. The Hall–Kier alpha value is -1.27. The summed E-state index contributed by atoms with van der Waals surface area (Å²) in [5, 5.41) is 3.19. The highest BCUT2D eigenvalue weighted by molar-refractivity contribution is 7.99. The fraction of sp³-hybridized carbons (Fsp3) is 0.667. The minimum Gasteiger partial charge on any atom is -0.363 e. The van der Waals surface area contributed by atoms with Crippen molar-refractivity contribution >= 4 is 17.7 Å². The molecule has 0 bridgehead atoms. The molecule has 1 saturated heterocycles. The van der Waals surface area contributed by atoms with E-state index in [1.54, 1.807) is 18.0 Å². The van der Waals surface area contributed by atoms with E-state index in [1.807, 2.05) is 20.1 Å². The zero-order valence-corrected chi connectivity index (χ0v) is 16.0. The Bertz CT molecular complexity index is 629. The van der Waals surface area contributed by atoms with E-state index in [9.17, 15) is 9.59 Å². The average Bonchev–Trinajstić information content (AvgIpc) is 2.90. The SMILES string of the molecule is CCC[C@@H]1CN(Cc2[nH]cc(C)c(=O)c2C)C[C@H]1NC(=O)CSC. The molecule has 1 amide bonds. The maximum absolute atomic E-state index is 12.1. The number of rotatable bonds is 7. The monoisotopic (exact) mass is 351 g/mol. The van der Waals surface area contributed by atoms with Gasteiger partial charge in [0.25, 0.3) is 0 Å². The van der Waals surface area contributed by atoms with Crippen LogP contribution in [0.5, 0.6) is 0 Å². The lowest BCUT2D eigenvalue weighted by molar-refractivity contribution is -0.119. The molecule has 2 N–H and O–H groups in total. The number of likely N-dealkylation sites (tertiary alicyclic amines) is 1. The zero-order chi connectivity index (χ0) is 17.7. The number of carbonyl (C=O) groups excluding carboxylic acids is 1. The Morgan fingerprint density at radius 1 is 1.42 bits per heavy atom. The number of hydrogen-bond acceptors (Lipinski definition) is 4. The van der Waals surface area contributed by atoms with Crippen LogP contribution >= 0.6 is 11.8 Å². The van der Waals surface area contributed by atoms with Gasteiger partial charge in [-0.15, -0.1) is 0 Å². The number of amides is 1. The van der Waals surface area contributed by atoms with Crippen molar-refractivity contribution in [3.8, 4) is 0 Å². The fourth-order valence-corrected chi connectivity index (χ4v) is 3.83. The summed E-state index contributed by atoms with van der Waals surface area (Å²) in [4.78, 5) is 29.7. The molecule has 6 heteroatoms. The molecule has 2 rings (SSSR count). The number of aromatic amines is 1. The van der Waals surface area contributed by atoms with Crippen LogP contribution in [0.25, 0.3) is 0 Å². The molecule has 0 aliphatic carbocycles. The molecule has 1 aliphatic rings. The molecule has 134 valence electrons. The van der Waals surface area contributed by atoms with E-state index < -0.39 is 0 Å². The van der Waals surface area contributed by atoms with E-state index in [0.29, 0.717) is 11.7 Å². The van der Waals surface area contributed by atoms with Gasteiger partial charge in [-0.1, -0.05) is 13.3 Å². The summed E-state index contributed by atoms with van der Waals surface area (Å²) in [6.45, 7) is 8.45. The zero-order valence-electron chi connectivity index (χ0n) is 15.1. The van der Waals surface area contributed by atoms with Crippen molar-refractivity contribution in [2.45, 2.75) is 46.2 Å². The lowest BCUT2D eigenvalue weighted by Crippen LogP contribution is -2.41. The first-order chi connectivity index (χ1) is 11.5. The smallest absolute Gasteiger partial charge is 0.230 e. The van der Waals surface area contributed by atoms with Crippen LogP contribution in [-0.2, 0) is 11.3 Å². The third-order valence-corrected chi connectivity index (χ3v) is 5.34. The van der Waals surface area contributed by atoms with Crippen LogP contribution < -0.4 is 10.7 Å². The first-order valence-electron chi connectivity index (χ1n) is 8.64. The Labute approximate surface area is 148 Å². The molecule has 1 aliphatic heterocycles. The second kappa shape index (κ2) is 8.72. The van der Waals surface area contributed by atoms with Crippen LogP contribution in [0.3, 0.4) is 0 Å². The number of aryl methyl sites for hydroxylation is 1.